The van der Waals surface area contributed by atoms with Gasteiger partial charge in [0.1, 0.15) is 5.75 Å². The van der Waals surface area contributed by atoms with E-state index >= 15 is 0 Å². The van der Waals surface area contributed by atoms with E-state index in [0.717, 1.165) is 43.4 Å². The fourth-order valence-corrected chi connectivity index (χ4v) is 2.93. The van der Waals surface area contributed by atoms with Gasteiger partial charge in [-0.3, -0.25) is 4.79 Å². The molecule has 0 heterocycles. The molecule has 0 aliphatic heterocycles. The summed E-state index contributed by atoms with van der Waals surface area (Å²) in [7, 11) is 1.64. The number of amides is 1. The van der Waals surface area contributed by atoms with Crippen molar-refractivity contribution in [3.05, 3.63) is 29.8 Å². The van der Waals surface area contributed by atoms with E-state index in [2.05, 4.69) is 5.32 Å². The molecule has 1 aliphatic rings. The van der Waals surface area contributed by atoms with Crippen LogP contribution in [0.25, 0.3) is 0 Å². The van der Waals surface area contributed by atoms with Crippen LogP contribution in [0.2, 0.25) is 0 Å². The molecule has 2 N–H and O–H groups in total. The van der Waals surface area contributed by atoms with Crippen molar-refractivity contribution in [2.45, 2.75) is 57.1 Å². The number of methoxy groups -OCH3 is 1. The van der Waals surface area contributed by atoms with Gasteiger partial charge in [-0.15, -0.1) is 0 Å². The topological polar surface area (TPSA) is 58.6 Å². The van der Waals surface area contributed by atoms with Gasteiger partial charge in [0.2, 0.25) is 5.91 Å². The van der Waals surface area contributed by atoms with E-state index in [1.165, 1.54) is 0 Å². The van der Waals surface area contributed by atoms with Crippen LogP contribution < -0.4 is 10.1 Å². The third kappa shape index (κ3) is 4.21. The highest BCUT2D eigenvalue weighted by Gasteiger charge is 2.24. The predicted molar refractivity (Wildman–Crippen MR) is 82.4 cm³/mol. The summed E-state index contributed by atoms with van der Waals surface area (Å²) in [5.41, 5.74) is 1.02. The molecule has 1 saturated carbocycles. The molecule has 0 spiro atoms. The van der Waals surface area contributed by atoms with Gasteiger partial charge in [0.15, 0.2) is 0 Å². The number of carbonyl (C=O) groups is 1. The van der Waals surface area contributed by atoms with Crippen molar-refractivity contribution in [3.63, 3.8) is 0 Å². The van der Waals surface area contributed by atoms with Gasteiger partial charge in [-0.2, -0.15) is 0 Å². The van der Waals surface area contributed by atoms with Gasteiger partial charge in [0.25, 0.3) is 0 Å². The van der Waals surface area contributed by atoms with Gasteiger partial charge in [-0.05, 0) is 49.8 Å². The molecular weight excluding hydrogens is 266 g/mol. The zero-order valence-electron chi connectivity index (χ0n) is 12.8. The quantitative estimate of drug-likeness (QED) is 0.876. The maximum Gasteiger partial charge on any atom is 0.227 e. The average Bonchev–Trinajstić information content (AvgIpc) is 2.51. The van der Waals surface area contributed by atoms with Crippen LogP contribution in [-0.4, -0.2) is 30.3 Å². The van der Waals surface area contributed by atoms with E-state index in [0.29, 0.717) is 0 Å². The van der Waals surface area contributed by atoms with Crippen LogP contribution in [0.5, 0.6) is 5.75 Å². The number of hydrogen-bond acceptors (Lipinski definition) is 3. The van der Waals surface area contributed by atoms with Gasteiger partial charge in [0, 0.05) is 6.04 Å². The van der Waals surface area contributed by atoms with Crippen LogP contribution in [0.4, 0.5) is 0 Å². The lowest BCUT2D eigenvalue weighted by molar-refractivity contribution is -0.123. The van der Waals surface area contributed by atoms with E-state index < -0.39 is 0 Å². The number of benzene rings is 1. The number of hydrogen-bond donors (Lipinski definition) is 2. The average molecular weight is 291 g/mol. The smallest absolute Gasteiger partial charge is 0.227 e. The van der Waals surface area contributed by atoms with E-state index in [1.807, 2.05) is 31.2 Å². The summed E-state index contributed by atoms with van der Waals surface area (Å²) >= 11 is 0. The molecule has 4 nitrogen and oxygen atoms in total. The van der Waals surface area contributed by atoms with Gasteiger partial charge in [0.05, 0.1) is 19.1 Å². The van der Waals surface area contributed by atoms with E-state index in [-0.39, 0.29) is 24.0 Å². The number of carbonyl (C=O) groups excluding carboxylic acids is 1. The first-order valence-corrected chi connectivity index (χ1v) is 7.76. The van der Waals surface area contributed by atoms with Crippen molar-refractivity contribution in [1.29, 1.82) is 0 Å². The van der Waals surface area contributed by atoms with Gasteiger partial charge < -0.3 is 15.2 Å². The predicted octanol–water partition coefficient (Wildman–Crippen LogP) is 2.61. The van der Waals surface area contributed by atoms with Gasteiger partial charge >= 0.3 is 0 Å². The summed E-state index contributed by atoms with van der Waals surface area (Å²) in [4.78, 5) is 12.5. The molecule has 0 radical (unpaired) electrons. The molecule has 4 heteroatoms. The van der Waals surface area contributed by atoms with Gasteiger partial charge in [-0.25, -0.2) is 0 Å². The van der Waals surface area contributed by atoms with Crippen LogP contribution in [0, 0.1) is 0 Å². The van der Waals surface area contributed by atoms with Crippen LogP contribution >= 0.6 is 0 Å². The Morgan fingerprint density at radius 3 is 2.43 bits per heavy atom. The highest BCUT2D eigenvalue weighted by atomic mass is 16.5. The Morgan fingerprint density at radius 1 is 1.29 bits per heavy atom. The van der Waals surface area contributed by atoms with E-state index in [9.17, 15) is 9.90 Å². The number of aliphatic hydroxyl groups is 1. The lowest BCUT2D eigenvalue weighted by Gasteiger charge is -2.28. The molecule has 0 saturated heterocycles. The summed E-state index contributed by atoms with van der Waals surface area (Å²) in [6.07, 6.45) is 3.88. The molecular formula is C17H25NO3. The molecule has 1 aromatic carbocycles. The summed E-state index contributed by atoms with van der Waals surface area (Å²) < 4.78 is 5.15. The molecule has 0 bridgehead atoms. The minimum atomic E-state index is -0.193. The first kappa shape index (κ1) is 15.8. The fraction of sp³-hybridized carbons (Fsp3) is 0.588. The van der Waals surface area contributed by atoms with Crippen LogP contribution in [0.1, 0.15) is 50.5 Å². The highest BCUT2D eigenvalue weighted by molar-refractivity contribution is 5.83. The molecule has 1 atom stereocenters. The molecule has 1 aromatic rings. The second kappa shape index (κ2) is 7.46. The fourth-order valence-electron chi connectivity index (χ4n) is 2.93. The molecule has 2 rings (SSSR count). The summed E-state index contributed by atoms with van der Waals surface area (Å²) in [5.74, 6) is 0.766. The van der Waals surface area contributed by atoms with Crippen molar-refractivity contribution in [1.82, 2.24) is 5.32 Å². The second-order valence-electron chi connectivity index (χ2n) is 5.75. The molecule has 1 fully saturated rings. The Bertz CT molecular complexity index is 450. The van der Waals surface area contributed by atoms with E-state index in [4.69, 9.17) is 4.74 Å². The third-order valence-corrected chi connectivity index (χ3v) is 4.29. The first-order chi connectivity index (χ1) is 10.1. The number of ether oxygens (including phenoxy) is 1. The maximum atomic E-state index is 12.5. The van der Waals surface area contributed by atoms with Crippen LogP contribution in [0.15, 0.2) is 24.3 Å². The van der Waals surface area contributed by atoms with Crippen molar-refractivity contribution in [2.75, 3.05) is 7.11 Å². The zero-order valence-corrected chi connectivity index (χ0v) is 12.8. The standard InChI is InChI=1S/C17H25NO3/c1-3-16(12-4-10-15(21-2)11-5-12)17(20)18-13-6-8-14(19)9-7-13/h4-5,10-11,13-14,16,19H,3,6-9H2,1-2H3,(H,18,20). The van der Waals surface area contributed by atoms with Crippen molar-refractivity contribution >= 4 is 5.91 Å². The molecule has 21 heavy (non-hydrogen) atoms. The Balaban J connectivity index is 1.97. The van der Waals surface area contributed by atoms with Gasteiger partial charge in [-0.1, -0.05) is 19.1 Å². The molecule has 1 unspecified atom stereocenters. The lowest BCUT2D eigenvalue weighted by atomic mass is 9.91. The molecule has 0 aromatic heterocycles. The highest BCUT2D eigenvalue weighted by Crippen LogP contribution is 2.24. The van der Waals surface area contributed by atoms with Crippen molar-refractivity contribution in [3.8, 4) is 5.75 Å². The first-order valence-electron chi connectivity index (χ1n) is 7.76. The second-order valence-corrected chi connectivity index (χ2v) is 5.75. The van der Waals surface area contributed by atoms with Crippen molar-refractivity contribution < 1.29 is 14.6 Å². The number of nitrogens with one attached hydrogen (secondary N) is 1. The summed E-state index contributed by atoms with van der Waals surface area (Å²) in [6.45, 7) is 2.03. The molecule has 1 amide bonds. The zero-order chi connectivity index (χ0) is 15.2. The normalized spacial score (nSPS) is 23.4. The Hall–Kier alpha value is -1.55. The Kier molecular flexibility index (Phi) is 5.62. The largest absolute Gasteiger partial charge is 0.497 e. The third-order valence-electron chi connectivity index (χ3n) is 4.29. The SMILES string of the molecule is CCC(C(=O)NC1CCC(O)CC1)c1ccc(OC)cc1. The van der Waals surface area contributed by atoms with E-state index in [1.54, 1.807) is 7.11 Å². The van der Waals surface area contributed by atoms with Crippen molar-refractivity contribution in [2.24, 2.45) is 0 Å². The number of rotatable bonds is 5. The minimum absolute atomic E-state index is 0.0871. The lowest BCUT2D eigenvalue weighted by Crippen LogP contribution is -2.40. The maximum absolute atomic E-state index is 12.5. The molecule has 1 aliphatic carbocycles. The minimum Gasteiger partial charge on any atom is -0.497 e. The Labute approximate surface area is 126 Å². The summed E-state index contributed by atoms with van der Waals surface area (Å²) in [6, 6.07) is 7.90. The van der Waals surface area contributed by atoms with Crippen LogP contribution in [0.3, 0.4) is 0 Å². The number of aliphatic hydroxyl groups excluding tert-OH is 1. The Morgan fingerprint density at radius 2 is 1.90 bits per heavy atom. The summed E-state index contributed by atoms with van der Waals surface area (Å²) in [5, 5.41) is 12.7. The monoisotopic (exact) mass is 291 g/mol. The molecule has 116 valence electrons. The van der Waals surface area contributed by atoms with Crippen LogP contribution in [-0.2, 0) is 4.79 Å².